The highest BCUT2D eigenvalue weighted by atomic mass is 16.5. The van der Waals surface area contributed by atoms with Gasteiger partial charge < -0.3 is 10.1 Å². The third-order valence-electron chi connectivity index (χ3n) is 3.58. The lowest BCUT2D eigenvalue weighted by atomic mass is 10.0. The second-order valence-electron chi connectivity index (χ2n) is 4.94. The molecule has 1 atom stereocenters. The highest BCUT2D eigenvalue weighted by molar-refractivity contribution is 5.33. The predicted molar refractivity (Wildman–Crippen MR) is 75.0 cm³/mol. The van der Waals surface area contributed by atoms with E-state index in [0.29, 0.717) is 6.04 Å². The smallest absolute Gasteiger partial charge is 0.123 e. The number of nitrogens with one attached hydrogen (secondary N) is 1. The monoisotopic (exact) mass is 248 g/mol. The Hall–Kier alpha value is -1.06. The van der Waals surface area contributed by atoms with Gasteiger partial charge in [-0.25, -0.2) is 0 Å². The average molecular weight is 248 g/mol. The van der Waals surface area contributed by atoms with Crippen LogP contribution in [0.5, 0.6) is 5.75 Å². The minimum absolute atomic E-state index is 0.651. The average Bonchev–Trinajstić information content (AvgIpc) is 2.40. The summed E-state index contributed by atoms with van der Waals surface area (Å²) in [6.07, 6.45) is 2.59. The third-order valence-corrected chi connectivity index (χ3v) is 3.58. The fourth-order valence-corrected chi connectivity index (χ4v) is 2.73. The van der Waals surface area contributed by atoms with Crippen LogP contribution in [-0.2, 0) is 6.54 Å². The third kappa shape index (κ3) is 3.47. The van der Waals surface area contributed by atoms with Crippen molar-refractivity contribution in [3.8, 4) is 5.75 Å². The van der Waals surface area contributed by atoms with E-state index in [-0.39, 0.29) is 0 Å². The number of hydrogen-bond donors (Lipinski definition) is 1. The van der Waals surface area contributed by atoms with Gasteiger partial charge in [0, 0.05) is 24.7 Å². The van der Waals surface area contributed by atoms with E-state index >= 15 is 0 Å². The number of piperidine rings is 1. The Morgan fingerprint density at radius 3 is 3.00 bits per heavy atom. The summed E-state index contributed by atoms with van der Waals surface area (Å²) in [6.45, 7) is 6.57. The van der Waals surface area contributed by atoms with E-state index in [1.807, 2.05) is 12.1 Å². The number of methoxy groups -OCH3 is 1. The molecular weight excluding hydrogens is 224 g/mol. The van der Waals surface area contributed by atoms with Crippen molar-refractivity contribution in [2.75, 3.05) is 26.7 Å². The van der Waals surface area contributed by atoms with Crippen LogP contribution in [0.15, 0.2) is 24.3 Å². The molecule has 1 aromatic rings. The number of likely N-dealkylation sites (tertiary alicyclic amines) is 1. The van der Waals surface area contributed by atoms with Gasteiger partial charge in [0.25, 0.3) is 0 Å². The predicted octanol–water partition coefficient (Wildman–Crippen LogP) is 2.27. The molecule has 1 unspecified atom stereocenters. The first-order chi connectivity index (χ1) is 8.83. The first-order valence-corrected chi connectivity index (χ1v) is 6.91. The topological polar surface area (TPSA) is 24.5 Å². The highest BCUT2D eigenvalue weighted by Crippen LogP contribution is 2.21. The van der Waals surface area contributed by atoms with Crippen LogP contribution in [0.1, 0.15) is 25.3 Å². The van der Waals surface area contributed by atoms with Gasteiger partial charge in [-0.05, 0) is 32.0 Å². The Labute approximate surface area is 110 Å². The molecule has 0 aliphatic carbocycles. The second-order valence-corrected chi connectivity index (χ2v) is 4.94. The van der Waals surface area contributed by atoms with Crippen LogP contribution < -0.4 is 10.1 Å². The van der Waals surface area contributed by atoms with E-state index in [2.05, 4.69) is 29.3 Å². The Balaban J connectivity index is 1.96. The number of hydrogen-bond acceptors (Lipinski definition) is 3. The Morgan fingerprint density at radius 1 is 1.39 bits per heavy atom. The first kappa shape index (κ1) is 13.4. The number of nitrogens with zero attached hydrogens (tertiary/aromatic N) is 1. The summed E-state index contributed by atoms with van der Waals surface area (Å²) in [5, 5.41) is 3.56. The SMILES string of the molecule is CCNC1CCCN(Cc2ccccc2OC)C1. The molecule has 1 heterocycles. The van der Waals surface area contributed by atoms with Crippen LogP contribution in [0.3, 0.4) is 0 Å². The zero-order valence-electron chi connectivity index (χ0n) is 11.5. The van der Waals surface area contributed by atoms with Crippen molar-refractivity contribution in [1.82, 2.24) is 10.2 Å². The van der Waals surface area contributed by atoms with Crippen LogP contribution in [0, 0.1) is 0 Å². The summed E-state index contributed by atoms with van der Waals surface area (Å²) >= 11 is 0. The maximum atomic E-state index is 5.42. The number of ether oxygens (including phenoxy) is 1. The Morgan fingerprint density at radius 2 is 2.22 bits per heavy atom. The van der Waals surface area contributed by atoms with Gasteiger partial charge in [0.15, 0.2) is 0 Å². The molecule has 1 aromatic carbocycles. The molecule has 0 radical (unpaired) electrons. The quantitative estimate of drug-likeness (QED) is 0.865. The lowest BCUT2D eigenvalue weighted by molar-refractivity contribution is 0.183. The fourth-order valence-electron chi connectivity index (χ4n) is 2.73. The molecule has 2 rings (SSSR count). The second kappa shape index (κ2) is 6.76. The van der Waals surface area contributed by atoms with E-state index in [1.54, 1.807) is 7.11 Å². The number of likely N-dealkylation sites (N-methyl/N-ethyl adjacent to an activating group) is 1. The van der Waals surface area contributed by atoms with Gasteiger partial charge in [0.1, 0.15) is 5.75 Å². The normalized spacial score (nSPS) is 20.9. The van der Waals surface area contributed by atoms with E-state index in [9.17, 15) is 0 Å². The Kier molecular flexibility index (Phi) is 5.02. The number of benzene rings is 1. The van der Waals surface area contributed by atoms with Crippen molar-refractivity contribution in [3.63, 3.8) is 0 Å². The molecule has 1 aliphatic heterocycles. The molecule has 100 valence electrons. The molecule has 3 nitrogen and oxygen atoms in total. The maximum absolute atomic E-state index is 5.42. The maximum Gasteiger partial charge on any atom is 0.123 e. The summed E-state index contributed by atoms with van der Waals surface area (Å²) in [5.74, 6) is 1.00. The van der Waals surface area contributed by atoms with Gasteiger partial charge >= 0.3 is 0 Å². The minimum atomic E-state index is 0.651. The first-order valence-electron chi connectivity index (χ1n) is 6.91. The van der Waals surface area contributed by atoms with E-state index < -0.39 is 0 Å². The zero-order chi connectivity index (χ0) is 12.8. The van der Waals surface area contributed by atoms with Crippen LogP contribution in [0.2, 0.25) is 0 Å². The van der Waals surface area contributed by atoms with Crippen LogP contribution in [0.4, 0.5) is 0 Å². The van der Waals surface area contributed by atoms with E-state index in [0.717, 1.165) is 25.4 Å². The molecule has 1 N–H and O–H groups in total. The van der Waals surface area contributed by atoms with E-state index in [1.165, 1.54) is 24.9 Å². The van der Waals surface area contributed by atoms with Gasteiger partial charge in [0.2, 0.25) is 0 Å². The van der Waals surface area contributed by atoms with Crippen molar-refractivity contribution in [1.29, 1.82) is 0 Å². The van der Waals surface area contributed by atoms with Crippen molar-refractivity contribution in [2.45, 2.75) is 32.4 Å². The van der Waals surface area contributed by atoms with Crippen molar-refractivity contribution in [2.24, 2.45) is 0 Å². The molecule has 1 fully saturated rings. The zero-order valence-corrected chi connectivity index (χ0v) is 11.5. The largest absolute Gasteiger partial charge is 0.496 e. The molecule has 1 saturated heterocycles. The van der Waals surface area contributed by atoms with Gasteiger partial charge in [-0.15, -0.1) is 0 Å². The lowest BCUT2D eigenvalue weighted by Gasteiger charge is -2.33. The van der Waals surface area contributed by atoms with E-state index in [4.69, 9.17) is 4.74 Å². The van der Waals surface area contributed by atoms with Gasteiger partial charge in [0.05, 0.1) is 7.11 Å². The fraction of sp³-hybridized carbons (Fsp3) is 0.600. The van der Waals surface area contributed by atoms with Crippen LogP contribution >= 0.6 is 0 Å². The molecular formula is C15H24N2O. The molecule has 18 heavy (non-hydrogen) atoms. The number of para-hydroxylation sites is 1. The highest BCUT2D eigenvalue weighted by Gasteiger charge is 2.19. The molecule has 0 spiro atoms. The minimum Gasteiger partial charge on any atom is -0.496 e. The lowest BCUT2D eigenvalue weighted by Crippen LogP contribution is -2.45. The van der Waals surface area contributed by atoms with Crippen molar-refractivity contribution >= 4 is 0 Å². The molecule has 0 bridgehead atoms. The Bertz CT molecular complexity index is 365. The van der Waals surface area contributed by atoms with Crippen LogP contribution in [0.25, 0.3) is 0 Å². The summed E-state index contributed by atoms with van der Waals surface area (Å²) in [5.41, 5.74) is 1.29. The van der Waals surface area contributed by atoms with Crippen molar-refractivity contribution < 1.29 is 4.74 Å². The van der Waals surface area contributed by atoms with Gasteiger partial charge in [-0.2, -0.15) is 0 Å². The molecule has 0 aromatic heterocycles. The summed E-state index contributed by atoms with van der Waals surface area (Å²) < 4.78 is 5.42. The summed E-state index contributed by atoms with van der Waals surface area (Å²) in [6, 6.07) is 8.97. The van der Waals surface area contributed by atoms with Crippen molar-refractivity contribution in [3.05, 3.63) is 29.8 Å². The number of rotatable bonds is 5. The van der Waals surface area contributed by atoms with Crippen LogP contribution in [-0.4, -0.2) is 37.7 Å². The summed E-state index contributed by atoms with van der Waals surface area (Å²) in [4.78, 5) is 2.52. The molecule has 0 saturated carbocycles. The summed E-state index contributed by atoms with van der Waals surface area (Å²) in [7, 11) is 1.75. The molecule has 3 heteroatoms. The molecule has 1 aliphatic rings. The molecule has 0 amide bonds. The van der Waals surface area contributed by atoms with Gasteiger partial charge in [-0.1, -0.05) is 25.1 Å². The van der Waals surface area contributed by atoms with Gasteiger partial charge in [-0.3, -0.25) is 4.90 Å². The standard InChI is InChI=1S/C15H24N2O/c1-3-16-14-8-6-10-17(12-14)11-13-7-4-5-9-15(13)18-2/h4-5,7,9,14,16H,3,6,8,10-12H2,1-2H3.